The van der Waals surface area contributed by atoms with E-state index in [-0.39, 0.29) is 5.56 Å². The minimum absolute atomic E-state index is 0.149. The SMILES string of the molecule is COc1cc(Cl)c(C)cc1Nc1cc(C(=O)O)ccc1N. The Bertz CT molecular complexity index is 702. The van der Waals surface area contributed by atoms with Crippen molar-refractivity contribution in [2.75, 3.05) is 18.2 Å². The van der Waals surface area contributed by atoms with Gasteiger partial charge in [0.15, 0.2) is 0 Å². The standard InChI is InChI=1S/C15H15ClN2O3/c1-8-5-13(14(21-2)7-10(8)16)18-12-6-9(15(19)20)3-4-11(12)17/h3-7,18H,17H2,1-2H3,(H,19,20). The van der Waals surface area contributed by atoms with Gasteiger partial charge < -0.3 is 20.9 Å². The van der Waals surface area contributed by atoms with Gasteiger partial charge in [-0.1, -0.05) is 11.6 Å². The van der Waals surface area contributed by atoms with Crippen molar-refractivity contribution in [3.05, 3.63) is 46.5 Å². The van der Waals surface area contributed by atoms with Crippen LogP contribution in [0.4, 0.5) is 17.1 Å². The minimum atomic E-state index is -1.02. The number of aryl methyl sites for hydroxylation is 1. The number of nitrogens with two attached hydrogens (primary N) is 1. The highest BCUT2D eigenvalue weighted by molar-refractivity contribution is 6.31. The second-order valence-corrected chi connectivity index (χ2v) is 4.94. The van der Waals surface area contributed by atoms with Crippen LogP contribution in [0.25, 0.3) is 0 Å². The summed E-state index contributed by atoms with van der Waals surface area (Å²) in [5.41, 5.74) is 8.49. The first-order chi connectivity index (χ1) is 9.92. The van der Waals surface area contributed by atoms with Crippen LogP contribution in [-0.4, -0.2) is 18.2 Å². The number of halogens is 1. The molecule has 0 fully saturated rings. The molecule has 0 saturated carbocycles. The van der Waals surface area contributed by atoms with E-state index in [4.69, 9.17) is 27.2 Å². The molecule has 0 amide bonds. The summed E-state index contributed by atoms with van der Waals surface area (Å²) in [5, 5.41) is 12.7. The highest BCUT2D eigenvalue weighted by Gasteiger charge is 2.11. The van der Waals surface area contributed by atoms with Crippen molar-refractivity contribution in [3.8, 4) is 5.75 Å². The number of carboxylic acids is 1. The molecule has 0 bridgehead atoms. The molecule has 0 aliphatic rings. The predicted octanol–water partition coefficient (Wildman–Crippen LogP) is 3.68. The third kappa shape index (κ3) is 3.20. The molecule has 5 nitrogen and oxygen atoms in total. The zero-order valence-corrected chi connectivity index (χ0v) is 12.4. The van der Waals surface area contributed by atoms with Crippen LogP contribution < -0.4 is 15.8 Å². The maximum Gasteiger partial charge on any atom is 0.335 e. The molecule has 0 unspecified atom stereocenters. The first kappa shape index (κ1) is 15.0. The molecule has 0 saturated heterocycles. The van der Waals surface area contributed by atoms with Crippen LogP contribution in [0, 0.1) is 6.92 Å². The predicted molar refractivity (Wildman–Crippen MR) is 83.8 cm³/mol. The fraction of sp³-hybridized carbons (Fsp3) is 0.133. The second kappa shape index (κ2) is 5.93. The molecule has 110 valence electrons. The van der Waals surface area contributed by atoms with Gasteiger partial charge in [-0.05, 0) is 36.8 Å². The Hall–Kier alpha value is -2.40. The number of carbonyl (C=O) groups is 1. The number of nitrogen functional groups attached to an aromatic ring is 1. The number of rotatable bonds is 4. The Labute approximate surface area is 127 Å². The Morgan fingerprint density at radius 2 is 2.00 bits per heavy atom. The number of nitrogens with one attached hydrogen (secondary N) is 1. The highest BCUT2D eigenvalue weighted by atomic mass is 35.5. The summed E-state index contributed by atoms with van der Waals surface area (Å²) in [6, 6.07) is 7.97. The Balaban J connectivity index is 2.44. The zero-order valence-electron chi connectivity index (χ0n) is 11.6. The third-order valence-electron chi connectivity index (χ3n) is 3.05. The maximum atomic E-state index is 11.0. The average Bonchev–Trinajstić information content (AvgIpc) is 2.44. The molecular formula is C15H15ClN2O3. The van der Waals surface area contributed by atoms with Gasteiger partial charge in [-0.25, -0.2) is 4.79 Å². The monoisotopic (exact) mass is 306 g/mol. The van der Waals surface area contributed by atoms with Crippen LogP contribution in [0.2, 0.25) is 5.02 Å². The number of ether oxygens (including phenoxy) is 1. The van der Waals surface area contributed by atoms with Crippen LogP contribution in [0.1, 0.15) is 15.9 Å². The molecule has 0 aromatic heterocycles. The normalized spacial score (nSPS) is 10.2. The summed E-state index contributed by atoms with van der Waals surface area (Å²) in [4.78, 5) is 11.0. The smallest absolute Gasteiger partial charge is 0.335 e. The fourth-order valence-electron chi connectivity index (χ4n) is 1.87. The van der Waals surface area contributed by atoms with Crippen molar-refractivity contribution < 1.29 is 14.6 Å². The molecule has 2 rings (SSSR count). The molecule has 2 aromatic rings. The number of carboxylic acid groups (broad SMARTS) is 1. The number of benzene rings is 2. The summed E-state index contributed by atoms with van der Waals surface area (Å²) in [5.74, 6) is -0.469. The molecule has 6 heteroatoms. The van der Waals surface area contributed by atoms with E-state index >= 15 is 0 Å². The summed E-state index contributed by atoms with van der Waals surface area (Å²) in [6.07, 6.45) is 0. The number of methoxy groups -OCH3 is 1. The van der Waals surface area contributed by atoms with Crippen molar-refractivity contribution in [2.45, 2.75) is 6.92 Å². The summed E-state index contributed by atoms with van der Waals surface area (Å²) in [6.45, 7) is 1.87. The Morgan fingerprint density at radius 1 is 1.29 bits per heavy atom. The molecule has 21 heavy (non-hydrogen) atoms. The van der Waals surface area contributed by atoms with Gasteiger partial charge in [-0.2, -0.15) is 0 Å². The number of anilines is 3. The summed E-state index contributed by atoms with van der Waals surface area (Å²) < 4.78 is 5.27. The van der Waals surface area contributed by atoms with Gasteiger partial charge in [0.05, 0.1) is 29.7 Å². The molecule has 0 radical (unpaired) electrons. The van der Waals surface area contributed by atoms with Crippen LogP contribution in [-0.2, 0) is 0 Å². The van der Waals surface area contributed by atoms with Crippen molar-refractivity contribution in [1.82, 2.24) is 0 Å². The topological polar surface area (TPSA) is 84.6 Å². The second-order valence-electron chi connectivity index (χ2n) is 4.53. The fourth-order valence-corrected chi connectivity index (χ4v) is 2.03. The van der Waals surface area contributed by atoms with Crippen LogP contribution in [0.5, 0.6) is 5.75 Å². The van der Waals surface area contributed by atoms with Gasteiger partial charge in [-0.15, -0.1) is 0 Å². The Morgan fingerprint density at radius 3 is 2.62 bits per heavy atom. The average molecular weight is 307 g/mol. The van der Waals surface area contributed by atoms with Crippen molar-refractivity contribution in [1.29, 1.82) is 0 Å². The van der Waals surface area contributed by atoms with Gasteiger partial charge in [0, 0.05) is 11.1 Å². The zero-order chi connectivity index (χ0) is 15.6. The van der Waals surface area contributed by atoms with E-state index in [2.05, 4.69) is 5.32 Å². The lowest BCUT2D eigenvalue weighted by atomic mass is 10.1. The minimum Gasteiger partial charge on any atom is -0.495 e. The molecule has 0 aliphatic heterocycles. The number of aromatic carboxylic acids is 1. The van der Waals surface area contributed by atoms with Crippen LogP contribution >= 0.6 is 11.6 Å². The van der Waals surface area contributed by atoms with Crippen molar-refractivity contribution >= 4 is 34.6 Å². The molecule has 0 aliphatic carbocycles. The highest BCUT2D eigenvalue weighted by Crippen LogP contribution is 2.34. The first-order valence-electron chi connectivity index (χ1n) is 6.16. The van der Waals surface area contributed by atoms with E-state index in [9.17, 15) is 4.79 Å². The lowest BCUT2D eigenvalue weighted by molar-refractivity contribution is 0.0697. The molecule has 0 atom stereocenters. The molecule has 4 N–H and O–H groups in total. The summed E-state index contributed by atoms with van der Waals surface area (Å²) >= 11 is 6.06. The quantitative estimate of drug-likeness (QED) is 0.750. The third-order valence-corrected chi connectivity index (χ3v) is 3.46. The van der Waals surface area contributed by atoms with E-state index in [1.165, 1.54) is 19.2 Å². The number of hydrogen-bond donors (Lipinski definition) is 3. The molecule has 0 heterocycles. The van der Waals surface area contributed by atoms with Crippen molar-refractivity contribution in [2.24, 2.45) is 0 Å². The van der Waals surface area contributed by atoms with Gasteiger partial charge in [0.25, 0.3) is 0 Å². The largest absolute Gasteiger partial charge is 0.495 e. The molecule has 2 aromatic carbocycles. The first-order valence-corrected chi connectivity index (χ1v) is 6.54. The van der Waals surface area contributed by atoms with E-state index < -0.39 is 5.97 Å². The lowest BCUT2D eigenvalue weighted by Gasteiger charge is -2.15. The van der Waals surface area contributed by atoms with Gasteiger partial charge in [0.2, 0.25) is 0 Å². The van der Waals surface area contributed by atoms with Crippen LogP contribution in [0.15, 0.2) is 30.3 Å². The maximum absolute atomic E-state index is 11.0. The van der Waals surface area contributed by atoms with E-state index in [0.29, 0.717) is 27.8 Å². The molecular weight excluding hydrogens is 292 g/mol. The van der Waals surface area contributed by atoms with E-state index in [1.54, 1.807) is 12.1 Å². The van der Waals surface area contributed by atoms with E-state index in [1.807, 2.05) is 13.0 Å². The van der Waals surface area contributed by atoms with Gasteiger partial charge >= 0.3 is 5.97 Å². The van der Waals surface area contributed by atoms with E-state index in [0.717, 1.165) is 5.56 Å². The summed E-state index contributed by atoms with van der Waals surface area (Å²) in [7, 11) is 1.53. The Kier molecular flexibility index (Phi) is 4.23. The number of hydrogen-bond acceptors (Lipinski definition) is 4. The molecule has 0 spiro atoms. The van der Waals surface area contributed by atoms with Gasteiger partial charge in [0.1, 0.15) is 5.75 Å². The van der Waals surface area contributed by atoms with Crippen molar-refractivity contribution in [3.63, 3.8) is 0 Å². The van der Waals surface area contributed by atoms with Crippen LogP contribution in [0.3, 0.4) is 0 Å². The van der Waals surface area contributed by atoms with Gasteiger partial charge in [-0.3, -0.25) is 0 Å². The lowest BCUT2D eigenvalue weighted by Crippen LogP contribution is -2.02.